The van der Waals surface area contributed by atoms with E-state index in [4.69, 9.17) is 14.6 Å². The molecule has 0 saturated carbocycles. The zero-order valence-electron chi connectivity index (χ0n) is 13.2. The van der Waals surface area contributed by atoms with Crippen LogP contribution in [0, 0.1) is 0 Å². The number of amides is 1. The smallest absolute Gasteiger partial charge is 0.248 e. The van der Waals surface area contributed by atoms with Crippen molar-refractivity contribution in [3.05, 3.63) is 78.1 Å². The van der Waals surface area contributed by atoms with Crippen LogP contribution in [0.5, 0.6) is 0 Å². The first-order valence-corrected chi connectivity index (χ1v) is 8.85. The molecule has 0 radical (unpaired) electrons. The van der Waals surface area contributed by atoms with Gasteiger partial charge in [0.05, 0.1) is 30.5 Å². The molecule has 0 spiro atoms. The van der Waals surface area contributed by atoms with Gasteiger partial charge in [0, 0.05) is 5.56 Å². The van der Waals surface area contributed by atoms with Crippen molar-refractivity contribution in [2.45, 2.75) is 18.0 Å². The number of furan rings is 2. The lowest BCUT2D eigenvalue weighted by atomic mass is 10.2. The average molecular weight is 360 g/mol. The summed E-state index contributed by atoms with van der Waals surface area (Å²) in [5.74, 6) is 0.389. The molecule has 0 aliphatic rings. The average Bonchev–Trinajstić information content (AvgIpc) is 3.28. The van der Waals surface area contributed by atoms with Crippen molar-refractivity contribution in [2.75, 3.05) is 0 Å². The molecule has 0 saturated heterocycles. The molecule has 2 aromatic heterocycles. The Morgan fingerprint density at radius 2 is 1.44 bits per heavy atom. The number of hydrogen-bond acceptors (Lipinski definition) is 5. The number of carbonyl (C=O) groups excluding carboxylic acids is 1. The third-order valence-electron chi connectivity index (χ3n) is 3.60. The Balaban J connectivity index is 1.93. The fraction of sp³-hybridized carbons (Fsp3) is 0.118. The summed E-state index contributed by atoms with van der Waals surface area (Å²) in [6.07, 6.45) is 2.96. The molecule has 0 aliphatic heterocycles. The van der Waals surface area contributed by atoms with Crippen LogP contribution in [0.25, 0.3) is 0 Å². The van der Waals surface area contributed by atoms with Crippen molar-refractivity contribution in [1.82, 2.24) is 4.31 Å². The third-order valence-corrected chi connectivity index (χ3v) is 5.41. The Morgan fingerprint density at radius 3 is 1.84 bits per heavy atom. The predicted octanol–water partition coefficient (Wildman–Crippen LogP) is 2.36. The van der Waals surface area contributed by atoms with E-state index in [2.05, 4.69) is 0 Å². The molecule has 0 atom stereocenters. The summed E-state index contributed by atoms with van der Waals surface area (Å²) >= 11 is 0. The Morgan fingerprint density at radius 1 is 0.920 bits per heavy atom. The van der Waals surface area contributed by atoms with Crippen LogP contribution >= 0.6 is 0 Å². The molecule has 0 unspecified atom stereocenters. The minimum atomic E-state index is -3.83. The molecule has 0 aliphatic carbocycles. The highest BCUT2D eigenvalue weighted by atomic mass is 32.2. The first-order chi connectivity index (χ1) is 12.0. The molecule has 2 heterocycles. The van der Waals surface area contributed by atoms with E-state index in [1.54, 1.807) is 24.3 Å². The summed E-state index contributed by atoms with van der Waals surface area (Å²) in [6, 6.07) is 12.2. The van der Waals surface area contributed by atoms with Gasteiger partial charge in [-0.2, -0.15) is 4.31 Å². The van der Waals surface area contributed by atoms with Gasteiger partial charge in [-0.25, -0.2) is 8.42 Å². The number of nitrogens with two attached hydrogens (primary N) is 1. The fourth-order valence-corrected chi connectivity index (χ4v) is 3.69. The van der Waals surface area contributed by atoms with E-state index in [1.165, 1.54) is 41.1 Å². The largest absolute Gasteiger partial charge is 0.468 e. The molecule has 2 N–H and O–H groups in total. The van der Waals surface area contributed by atoms with Crippen LogP contribution in [0.2, 0.25) is 0 Å². The molecule has 130 valence electrons. The van der Waals surface area contributed by atoms with Crippen LogP contribution in [0.1, 0.15) is 21.9 Å². The Hall–Kier alpha value is -2.84. The van der Waals surface area contributed by atoms with Crippen molar-refractivity contribution >= 4 is 15.9 Å². The summed E-state index contributed by atoms with van der Waals surface area (Å²) in [7, 11) is -3.83. The maximum atomic E-state index is 13.0. The van der Waals surface area contributed by atoms with Gasteiger partial charge in [-0.05, 0) is 48.5 Å². The van der Waals surface area contributed by atoms with Gasteiger partial charge in [-0.1, -0.05) is 0 Å². The summed E-state index contributed by atoms with van der Waals surface area (Å²) in [5.41, 5.74) is 5.43. The number of rotatable bonds is 7. The number of hydrogen-bond donors (Lipinski definition) is 1. The number of nitrogens with zero attached hydrogens (tertiary/aromatic N) is 1. The second kappa shape index (κ2) is 6.96. The third kappa shape index (κ3) is 3.81. The SMILES string of the molecule is NC(=O)c1ccc(S(=O)(=O)N(Cc2ccco2)Cc2ccco2)cc1. The molecular formula is C17H16N2O5S. The number of primary amides is 1. The topological polar surface area (TPSA) is 107 Å². The van der Waals surface area contributed by atoms with E-state index in [0.717, 1.165) is 0 Å². The maximum Gasteiger partial charge on any atom is 0.248 e. The number of sulfonamides is 1. The van der Waals surface area contributed by atoms with E-state index < -0.39 is 15.9 Å². The highest BCUT2D eigenvalue weighted by Crippen LogP contribution is 2.22. The van der Waals surface area contributed by atoms with Gasteiger partial charge in [0.15, 0.2) is 0 Å². The van der Waals surface area contributed by atoms with Gasteiger partial charge in [0.2, 0.25) is 15.9 Å². The van der Waals surface area contributed by atoms with Gasteiger partial charge >= 0.3 is 0 Å². The zero-order valence-corrected chi connectivity index (χ0v) is 14.0. The van der Waals surface area contributed by atoms with Crippen LogP contribution in [0.4, 0.5) is 0 Å². The summed E-state index contributed by atoms with van der Waals surface area (Å²) in [4.78, 5) is 11.2. The van der Waals surface area contributed by atoms with Crippen molar-refractivity contribution < 1.29 is 22.0 Å². The molecule has 0 bridgehead atoms. The van der Waals surface area contributed by atoms with Crippen LogP contribution in [0.15, 0.2) is 74.8 Å². The quantitative estimate of drug-likeness (QED) is 0.696. The van der Waals surface area contributed by atoms with Crippen molar-refractivity contribution in [3.8, 4) is 0 Å². The number of carbonyl (C=O) groups is 1. The van der Waals surface area contributed by atoms with E-state index >= 15 is 0 Å². The molecule has 7 nitrogen and oxygen atoms in total. The van der Waals surface area contributed by atoms with Gasteiger partial charge in [-0.15, -0.1) is 0 Å². The highest BCUT2D eigenvalue weighted by molar-refractivity contribution is 7.89. The summed E-state index contributed by atoms with van der Waals surface area (Å²) in [6.45, 7) is 0.0984. The molecule has 1 aromatic carbocycles. The lowest BCUT2D eigenvalue weighted by Gasteiger charge is -2.20. The lowest BCUT2D eigenvalue weighted by Crippen LogP contribution is -2.30. The molecular weight excluding hydrogens is 344 g/mol. The second-order valence-electron chi connectivity index (χ2n) is 5.32. The van der Waals surface area contributed by atoms with Crippen LogP contribution < -0.4 is 5.73 Å². The maximum absolute atomic E-state index is 13.0. The lowest BCUT2D eigenvalue weighted by molar-refractivity contribution is 0.1000. The molecule has 1 amide bonds. The minimum Gasteiger partial charge on any atom is -0.468 e. The van der Waals surface area contributed by atoms with E-state index in [1.807, 2.05) is 0 Å². The molecule has 25 heavy (non-hydrogen) atoms. The van der Waals surface area contributed by atoms with Crippen molar-refractivity contribution in [1.29, 1.82) is 0 Å². The normalized spacial score (nSPS) is 11.7. The Kier molecular flexibility index (Phi) is 4.73. The van der Waals surface area contributed by atoms with Gasteiger partial charge in [0.1, 0.15) is 11.5 Å². The van der Waals surface area contributed by atoms with Gasteiger partial charge in [-0.3, -0.25) is 4.79 Å². The summed E-state index contributed by atoms with van der Waals surface area (Å²) in [5, 5.41) is 0. The van der Waals surface area contributed by atoms with Gasteiger partial charge in [0.25, 0.3) is 0 Å². The Bertz CT molecular complexity index is 893. The van der Waals surface area contributed by atoms with E-state index in [9.17, 15) is 13.2 Å². The van der Waals surface area contributed by atoms with Crippen LogP contribution in [0.3, 0.4) is 0 Å². The molecule has 3 aromatic rings. The fourth-order valence-electron chi connectivity index (χ4n) is 2.32. The highest BCUT2D eigenvalue weighted by Gasteiger charge is 2.26. The standard InChI is InChI=1S/C17H16N2O5S/c18-17(20)13-5-7-16(8-6-13)25(21,22)19(11-14-3-1-9-23-14)12-15-4-2-10-24-15/h1-10H,11-12H2,(H2,18,20). The summed E-state index contributed by atoms with van der Waals surface area (Å²) < 4.78 is 37.8. The molecule has 3 rings (SSSR count). The zero-order chi connectivity index (χ0) is 17.9. The van der Waals surface area contributed by atoms with E-state index in [0.29, 0.717) is 11.5 Å². The molecule has 0 fully saturated rings. The number of benzene rings is 1. The second-order valence-corrected chi connectivity index (χ2v) is 7.26. The minimum absolute atomic E-state index is 0.0492. The van der Waals surface area contributed by atoms with Crippen molar-refractivity contribution in [2.24, 2.45) is 5.73 Å². The van der Waals surface area contributed by atoms with E-state index in [-0.39, 0.29) is 23.5 Å². The molecule has 8 heteroatoms. The van der Waals surface area contributed by atoms with Gasteiger partial charge < -0.3 is 14.6 Å². The Labute approximate surface area is 144 Å². The predicted molar refractivity (Wildman–Crippen MR) is 88.8 cm³/mol. The van der Waals surface area contributed by atoms with Crippen LogP contribution in [-0.4, -0.2) is 18.6 Å². The first kappa shape index (κ1) is 17.0. The first-order valence-electron chi connectivity index (χ1n) is 7.41. The monoisotopic (exact) mass is 360 g/mol. The van der Waals surface area contributed by atoms with Crippen molar-refractivity contribution in [3.63, 3.8) is 0 Å². The van der Waals surface area contributed by atoms with Crippen LogP contribution in [-0.2, 0) is 23.1 Å².